The quantitative estimate of drug-likeness (QED) is 0.717. The Morgan fingerprint density at radius 2 is 1.85 bits per heavy atom. The molecule has 110 valence electrons. The zero-order chi connectivity index (χ0) is 14.7. The van der Waals surface area contributed by atoms with Crippen LogP contribution in [0, 0.1) is 20.8 Å². The van der Waals surface area contributed by atoms with Crippen LogP contribution in [-0.4, -0.2) is 43.5 Å². The van der Waals surface area contributed by atoms with E-state index >= 15 is 0 Å². The molecule has 0 atom stereocenters. The molecule has 1 aliphatic carbocycles. The summed E-state index contributed by atoms with van der Waals surface area (Å²) in [7, 11) is 1.71. The van der Waals surface area contributed by atoms with Crippen molar-refractivity contribution in [2.75, 3.05) is 26.8 Å². The Balaban J connectivity index is 2.10. The van der Waals surface area contributed by atoms with E-state index < -0.39 is 0 Å². The number of carbonyl (C=O) groups excluding carboxylic acids is 1. The molecule has 0 spiro atoms. The summed E-state index contributed by atoms with van der Waals surface area (Å²) in [6, 6.07) is 4.77. The average molecular weight is 275 g/mol. The maximum Gasteiger partial charge on any atom is 0.177 e. The molecule has 1 aliphatic rings. The van der Waals surface area contributed by atoms with Crippen LogP contribution in [0.25, 0.3) is 0 Å². The van der Waals surface area contributed by atoms with E-state index in [0.29, 0.717) is 19.2 Å². The summed E-state index contributed by atoms with van der Waals surface area (Å²) in [5, 5.41) is 0. The zero-order valence-electron chi connectivity index (χ0n) is 13.0. The number of rotatable bonds is 7. The van der Waals surface area contributed by atoms with Crippen molar-refractivity contribution in [3.05, 3.63) is 34.4 Å². The second-order valence-corrected chi connectivity index (χ2v) is 5.89. The van der Waals surface area contributed by atoms with Gasteiger partial charge in [0.2, 0.25) is 0 Å². The van der Waals surface area contributed by atoms with E-state index in [4.69, 9.17) is 4.74 Å². The van der Waals surface area contributed by atoms with Crippen molar-refractivity contribution in [2.45, 2.75) is 39.7 Å². The van der Waals surface area contributed by atoms with Crippen LogP contribution < -0.4 is 0 Å². The highest BCUT2D eigenvalue weighted by Gasteiger charge is 2.30. The van der Waals surface area contributed by atoms with Gasteiger partial charge in [0.1, 0.15) is 0 Å². The molecule has 0 aliphatic heterocycles. The number of carbonyl (C=O) groups is 1. The molecule has 20 heavy (non-hydrogen) atoms. The fourth-order valence-corrected chi connectivity index (χ4v) is 2.92. The lowest BCUT2D eigenvalue weighted by Crippen LogP contribution is -2.35. The first-order valence-corrected chi connectivity index (χ1v) is 7.37. The van der Waals surface area contributed by atoms with Gasteiger partial charge in [0.25, 0.3) is 0 Å². The van der Waals surface area contributed by atoms with Crippen LogP contribution in [0.5, 0.6) is 0 Å². The van der Waals surface area contributed by atoms with Gasteiger partial charge in [0.05, 0.1) is 13.2 Å². The Bertz CT molecular complexity index is 469. The van der Waals surface area contributed by atoms with Crippen molar-refractivity contribution in [1.82, 2.24) is 4.90 Å². The largest absolute Gasteiger partial charge is 0.383 e. The number of aryl methyl sites for hydroxylation is 3. The van der Waals surface area contributed by atoms with Crippen molar-refractivity contribution >= 4 is 5.78 Å². The molecule has 1 aromatic rings. The first kappa shape index (κ1) is 15.2. The van der Waals surface area contributed by atoms with Crippen LogP contribution in [0.3, 0.4) is 0 Å². The first-order valence-electron chi connectivity index (χ1n) is 7.37. The molecule has 0 bridgehead atoms. The van der Waals surface area contributed by atoms with Gasteiger partial charge in [-0.2, -0.15) is 0 Å². The fourth-order valence-electron chi connectivity index (χ4n) is 2.92. The van der Waals surface area contributed by atoms with Gasteiger partial charge in [-0.25, -0.2) is 0 Å². The molecule has 2 rings (SSSR count). The van der Waals surface area contributed by atoms with E-state index in [0.717, 1.165) is 23.2 Å². The molecule has 1 saturated carbocycles. The molecule has 1 aromatic carbocycles. The highest BCUT2D eigenvalue weighted by Crippen LogP contribution is 2.27. The highest BCUT2D eigenvalue weighted by molar-refractivity contribution is 6.00. The predicted molar refractivity (Wildman–Crippen MR) is 81.5 cm³/mol. The highest BCUT2D eigenvalue weighted by atomic mass is 16.5. The Morgan fingerprint density at radius 1 is 1.25 bits per heavy atom. The molecule has 1 fully saturated rings. The fraction of sp³-hybridized carbons (Fsp3) is 0.588. The van der Waals surface area contributed by atoms with Gasteiger partial charge in [-0.1, -0.05) is 17.7 Å². The molecule has 0 amide bonds. The lowest BCUT2D eigenvalue weighted by molar-refractivity contribution is 0.0884. The number of ether oxygens (including phenoxy) is 1. The van der Waals surface area contributed by atoms with Crippen molar-refractivity contribution in [3.8, 4) is 0 Å². The summed E-state index contributed by atoms with van der Waals surface area (Å²) in [6.45, 7) is 8.18. The van der Waals surface area contributed by atoms with Crippen LogP contribution in [0.1, 0.15) is 39.9 Å². The molecule has 0 N–H and O–H groups in total. The van der Waals surface area contributed by atoms with E-state index in [2.05, 4.69) is 24.0 Å². The number of ketones is 1. The maximum atomic E-state index is 12.6. The van der Waals surface area contributed by atoms with E-state index in [9.17, 15) is 4.79 Å². The van der Waals surface area contributed by atoms with Gasteiger partial charge in [-0.15, -0.1) is 0 Å². The third-order valence-electron chi connectivity index (χ3n) is 3.95. The van der Waals surface area contributed by atoms with Crippen LogP contribution in [0.2, 0.25) is 0 Å². The number of benzene rings is 1. The first-order chi connectivity index (χ1) is 9.52. The van der Waals surface area contributed by atoms with Crippen LogP contribution >= 0.6 is 0 Å². The Morgan fingerprint density at radius 3 is 2.35 bits per heavy atom. The van der Waals surface area contributed by atoms with E-state index in [1.807, 2.05) is 13.8 Å². The summed E-state index contributed by atoms with van der Waals surface area (Å²) < 4.78 is 5.15. The van der Waals surface area contributed by atoms with Crippen LogP contribution in [-0.2, 0) is 4.74 Å². The van der Waals surface area contributed by atoms with Gasteiger partial charge in [0.15, 0.2) is 5.78 Å². The second kappa shape index (κ2) is 6.51. The van der Waals surface area contributed by atoms with Crippen LogP contribution in [0.15, 0.2) is 12.1 Å². The Labute approximate surface area is 121 Å². The number of Topliss-reactive ketones (excluding diaryl/α,β-unsaturated/α-hetero) is 1. The third-order valence-corrected chi connectivity index (χ3v) is 3.95. The lowest BCUT2D eigenvalue weighted by atomic mass is 9.96. The predicted octanol–water partition coefficient (Wildman–Crippen LogP) is 2.91. The van der Waals surface area contributed by atoms with Gasteiger partial charge in [-0.3, -0.25) is 9.69 Å². The monoisotopic (exact) mass is 275 g/mol. The summed E-state index contributed by atoms with van der Waals surface area (Å²) in [6.07, 6.45) is 2.42. The van der Waals surface area contributed by atoms with Gasteiger partial charge in [0, 0.05) is 25.3 Å². The van der Waals surface area contributed by atoms with Crippen molar-refractivity contribution in [2.24, 2.45) is 0 Å². The maximum absolute atomic E-state index is 12.6. The minimum Gasteiger partial charge on any atom is -0.383 e. The number of nitrogens with zero attached hydrogens (tertiary/aromatic N) is 1. The Hall–Kier alpha value is -1.19. The summed E-state index contributed by atoms with van der Waals surface area (Å²) in [5.74, 6) is 0.239. The van der Waals surface area contributed by atoms with Crippen LogP contribution in [0.4, 0.5) is 0 Å². The van der Waals surface area contributed by atoms with Gasteiger partial charge >= 0.3 is 0 Å². The Kier molecular flexibility index (Phi) is 4.95. The SMILES string of the molecule is COCCN(CC(=O)c1c(C)cc(C)cc1C)C1CC1. The van der Waals surface area contributed by atoms with Crippen molar-refractivity contribution in [3.63, 3.8) is 0 Å². The molecule has 0 saturated heterocycles. The number of hydrogen-bond donors (Lipinski definition) is 0. The number of methoxy groups -OCH3 is 1. The summed E-state index contributed by atoms with van der Waals surface area (Å²) in [5.41, 5.74) is 4.30. The normalized spacial score (nSPS) is 14.8. The smallest absolute Gasteiger partial charge is 0.177 e. The molecule has 0 unspecified atom stereocenters. The lowest BCUT2D eigenvalue weighted by Gasteiger charge is -2.21. The van der Waals surface area contributed by atoms with Crippen molar-refractivity contribution < 1.29 is 9.53 Å². The molecule has 0 aromatic heterocycles. The minimum atomic E-state index is 0.239. The van der Waals surface area contributed by atoms with E-state index in [1.54, 1.807) is 7.11 Å². The molecular formula is C17H25NO2. The number of hydrogen-bond acceptors (Lipinski definition) is 3. The van der Waals surface area contributed by atoms with E-state index in [-0.39, 0.29) is 5.78 Å². The molecule has 0 radical (unpaired) electrons. The summed E-state index contributed by atoms with van der Waals surface area (Å²) in [4.78, 5) is 14.9. The minimum absolute atomic E-state index is 0.239. The van der Waals surface area contributed by atoms with Gasteiger partial charge < -0.3 is 4.74 Å². The second-order valence-electron chi connectivity index (χ2n) is 5.89. The molecule has 3 nitrogen and oxygen atoms in total. The summed E-state index contributed by atoms with van der Waals surface area (Å²) >= 11 is 0. The van der Waals surface area contributed by atoms with Gasteiger partial charge in [-0.05, 0) is 44.7 Å². The molecule has 3 heteroatoms. The molecule has 0 heterocycles. The standard InChI is InChI=1S/C17H25NO2/c1-12-9-13(2)17(14(3)10-12)16(19)11-18(7-8-20-4)15-5-6-15/h9-10,15H,5-8,11H2,1-4H3. The zero-order valence-corrected chi connectivity index (χ0v) is 13.0. The molecular weight excluding hydrogens is 250 g/mol. The average Bonchev–Trinajstić information content (AvgIpc) is 3.17. The third kappa shape index (κ3) is 3.68. The topological polar surface area (TPSA) is 29.5 Å². The van der Waals surface area contributed by atoms with E-state index in [1.165, 1.54) is 18.4 Å². The van der Waals surface area contributed by atoms with Crippen molar-refractivity contribution in [1.29, 1.82) is 0 Å².